The van der Waals surface area contributed by atoms with Crippen molar-refractivity contribution in [3.8, 4) is 17.1 Å². The molecule has 0 bridgehead atoms. The predicted octanol–water partition coefficient (Wildman–Crippen LogP) is 4.26. The molecule has 1 N–H and O–H groups in total. The number of hydrogen-bond donors (Lipinski definition) is 1. The molecule has 0 spiro atoms. The minimum atomic E-state index is -0.252. The van der Waals surface area contributed by atoms with Crippen LogP contribution in [0.2, 0.25) is 0 Å². The number of rotatable bonds is 10. The summed E-state index contributed by atoms with van der Waals surface area (Å²) in [7, 11) is 0. The minimum Gasteiger partial charge on any atom is -0.494 e. The summed E-state index contributed by atoms with van der Waals surface area (Å²) in [5.74, 6) is 1.48. The standard InChI is InChI=1S/C29H30N4O3/c34-27(30-20-22-11-12-22)21-33-28(23-9-4-3-5-10-23)31-26-14-13-24(19-25(26)29(33)35)36-18-8-17-32-15-6-1-2-7-16-32/h1-7,9-10,13-16,19,22H,8,11-12,17-18,20-21H2,(H,30,34). The number of allylic oxidation sites excluding steroid dienone is 4. The first-order valence-electron chi connectivity index (χ1n) is 12.4. The van der Waals surface area contributed by atoms with Crippen LogP contribution in [0.1, 0.15) is 19.3 Å². The summed E-state index contributed by atoms with van der Waals surface area (Å²) in [5.41, 5.74) is 1.12. The lowest BCUT2D eigenvalue weighted by molar-refractivity contribution is -0.121. The van der Waals surface area contributed by atoms with Crippen LogP contribution in [-0.2, 0) is 11.3 Å². The molecule has 184 valence electrons. The van der Waals surface area contributed by atoms with Crippen molar-refractivity contribution in [3.63, 3.8) is 0 Å². The van der Waals surface area contributed by atoms with Crippen molar-refractivity contribution in [2.24, 2.45) is 5.92 Å². The second-order valence-corrected chi connectivity index (χ2v) is 9.13. The fourth-order valence-corrected chi connectivity index (χ4v) is 4.11. The van der Waals surface area contributed by atoms with Gasteiger partial charge in [0.15, 0.2) is 0 Å². The average Bonchev–Trinajstić information content (AvgIpc) is 3.75. The number of carbonyl (C=O) groups excluding carboxylic acids is 1. The normalized spacial score (nSPS) is 14.7. The second-order valence-electron chi connectivity index (χ2n) is 9.13. The van der Waals surface area contributed by atoms with Crippen LogP contribution in [0.4, 0.5) is 0 Å². The zero-order chi connectivity index (χ0) is 24.7. The molecule has 2 aromatic carbocycles. The fraction of sp³-hybridized carbons (Fsp3) is 0.276. The molecule has 1 amide bonds. The van der Waals surface area contributed by atoms with Crippen LogP contribution < -0.4 is 15.6 Å². The van der Waals surface area contributed by atoms with Crippen LogP contribution in [0.3, 0.4) is 0 Å². The first kappa shape index (κ1) is 23.6. The van der Waals surface area contributed by atoms with Gasteiger partial charge in [-0.2, -0.15) is 0 Å². The molecule has 0 unspecified atom stereocenters. The Morgan fingerprint density at radius 1 is 1.03 bits per heavy atom. The Labute approximate surface area is 210 Å². The lowest BCUT2D eigenvalue weighted by Gasteiger charge is -2.16. The number of hydrogen-bond acceptors (Lipinski definition) is 5. The summed E-state index contributed by atoms with van der Waals surface area (Å²) in [5, 5.41) is 3.39. The number of fused-ring (bicyclic) bond motifs is 1. The number of ether oxygens (including phenoxy) is 1. The molecule has 1 aromatic heterocycles. The average molecular weight is 483 g/mol. The van der Waals surface area contributed by atoms with Gasteiger partial charge in [-0.05, 0) is 55.5 Å². The van der Waals surface area contributed by atoms with Crippen molar-refractivity contribution in [1.29, 1.82) is 0 Å². The van der Waals surface area contributed by atoms with E-state index in [0.29, 0.717) is 41.5 Å². The van der Waals surface area contributed by atoms with E-state index in [-0.39, 0.29) is 18.0 Å². The van der Waals surface area contributed by atoms with Crippen LogP contribution >= 0.6 is 0 Å². The highest BCUT2D eigenvalue weighted by molar-refractivity contribution is 5.82. The molecule has 2 aliphatic rings. The van der Waals surface area contributed by atoms with Gasteiger partial charge in [-0.25, -0.2) is 4.98 Å². The second kappa shape index (κ2) is 11.1. The van der Waals surface area contributed by atoms with Gasteiger partial charge in [0.2, 0.25) is 5.91 Å². The molecule has 1 fully saturated rings. The zero-order valence-electron chi connectivity index (χ0n) is 20.2. The van der Waals surface area contributed by atoms with E-state index in [1.807, 2.05) is 79.2 Å². The summed E-state index contributed by atoms with van der Waals surface area (Å²) in [6, 6.07) is 14.9. The molecule has 1 aliphatic carbocycles. The van der Waals surface area contributed by atoms with Crippen molar-refractivity contribution in [3.05, 3.63) is 95.6 Å². The van der Waals surface area contributed by atoms with Crippen LogP contribution in [0.5, 0.6) is 5.75 Å². The maximum absolute atomic E-state index is 13.6. The SMILES string of the molecule is O=C(Cn1c(-c2ccccc2)nc2ccc(OCCCN3C=CC=CC=C3)cc2c1=O)NCC1CC1. The van der Waals surface area contributed by atoms with Gasteiger partial charge in [-0.1, -0.05) is 42.5 Å². The summed E-state index contributed by atoms with van der Waals surface area (Å²) in [6.07, 6.45) is 15.1. The molecule has 0 atom stereocenters. The van der Waals surface area contributed by atoms with E-state index in [0.717, 1.165) is 31.4 Å². The summed E-state index contributed by atoms with van der Waals surface area (Å²) < 4.78 is 7.42. The lowest BCUT2D eigenvalue weighted by atomic mass is 10.1. The Kier molecular flexibility index (Phi) is 7.26. The molecule has 1 saturated carbocycles. The van der Waals surface area contributed by atoms with Crippen molar-refractivity contribution >= 4 is 16.8 Å². The van der Waals surface area contributed by atoms with E-state index in [1.54, 1.807) is 6.07 Å². The molecule has 7 heteroatoms. The first-order valence-corrected chi connectivity index (χ1v) is 12.4. The van der Waals surface area contributed by atoms with E-state index >= 15 is 0 Å². The minimum absolute atomic E-state index is 0.0739. The third kappa shape index (κ3) is 5.92. The quantitative estimate of drug-likeness (QED) is 0.437. The van der Waals surface area contributed by atoms with Crippen molar-refractivity contribution in [2.45, 2.75) is 25.8 Å². The van der Waals surface area contributed by atoms with Gasteiger partial charge in [0.05, 0.1) is 17.5 Å². The largest absolute Gasteiger partial charge is 0.494 e. The van der Waals surface area contributed by atoms with Crippen molar-refractivity contribution < 1.29 is 9.53 Å². The monoisotopic (exact) mass is 482 g/mol. The highest BCUT2D eigenvalue weighted by Gasteiger charge is 2.22. The topological polar surface area (TPSA) is 76.5 Å². The Bertz CT molecular complexity index is 1350. The number of benzene rings is 2. The molecule has 0 saturated heterocycles. The fourth-order valence-electron chi connectivity index (χ4n) is 4.11. The van der Waals surface area contributed by atoms with Gasteiger partial charge in [0.1, 0.15) is 18.1 Å². The maximum Gasteiger partial charge on any atom is 0.262 e. The number of carbonyl (C=O) groups is 1. The Morgan fingerprint density at radius 2 is 1.81 bits per heavy atom. The molecule has 36 heavy (non-hydrogen) atoms. The van der Waals surface area contributed by atoms with Gasteiger partial charge < -0.3 is 15.0 Å². The van der Waals surface area contributed by atoms with Gasteiger partial charge in [0, 0.05) is 31.1 Å². The maximum atomic E-state index is 13.6. The van der Waals surface area contributed by atoms with E-state index in [9.17, 15) is 9.59 Å². The first-order chi connectivity index (χ1) is 17.7. The van der Waals surface area contributed by atoms with E-state index in [2.05, 4.69) is 10.2 Å². The summed E-state index contributed by atoms with van der Waals surface area (Å²) in [4.78, 5) is 33.1. The van der Waals surface area contributed by atoms with E-state index in [4.69, 9.17) is 9.72 Å². The van der Waals surface area contributed by atoms with Gasteiger partial charge in [-0.15, -0.1) is 0 Å². The van der Waals surface area contributed by atoms with Crippen LogP contribution in [0, 0.1) is 5.92 Å². The number of amides is 1. The lowest BCUT2D eigenvalue weighted by Crippen LogP contribution is -2.34. The van der Waals surface area contributed by atoms with E-state index in [1.165, 1.54) is 4.57 Å². The number of aromatic nitrogens is 2. The Hall–Kier alpha value is -4.13. The van der Waals surface area contributed by atoms with Gasteiger partial charge in [0.25, 0.3) is 5.56 Å². The summed E-state index contributed by atoms with van der Waals surface area (Å²) >= 11 is 0. The van der Waals surface area contributed by atoms with Crippen molar-refractivity contribution in [2.75, 3.05) is 19.7 Å². The molecule has 3 aromatic rings. The highest BCUT2D eigenvalue weighted by Crippen LogP contribution is 2.27. The molecule has 7 nitrogen and oxygen atoms in total. The molecular weight excluding hydrogens is 452 g/mol. The molecule has 5 rings (SSSR count). The third-order valence-corrected chi connectivity index (χ3v) is 6.26. The molecular formula is C29H30N4O3. The molecule has 1 aliphatic heterocycles. The molecule has 0 radical (unpaired) electrons. The van der Waals surface area contributed by atoms with Gasteiger partial charge >= 0.3 is 0 Å². The predicted molar refractivity (Wildman–Crippen MR) is 141 cm³/mol. The Balaban J connectivity index is 1.35. The number of nitrogens with zero attached hydrogens (tertiary/aromatic N) is 3. The van der Waals surface area contributed by atoms with E-state index < -0.39 is 0 Å². The smallest absolute Gasteiger partial charge is 0.262 e. The Morgan fingerprint density at radius 3 is 2.56 bits per heavy atom. The summed E-state index contributed by atoms with van der Waals surface area (Å²) in [6.45, 7) is 1.93. The van der Waals surface area contributed by atoms with Crippen LogP contribution in [0.15, 0.2) is 90.0 Å². The van der Waals surface area contributed by atoms with Crippen LogP contribution in [0.25, 0.3) is 22.3 Å². The zero-order valence-corrected chi connectivity index (χ0v) is 20.2. The third-order valence-electron chi connectivity index (χ3n) is 6.26. The van der Waals surface area contributed by atoms with Crippen molar-refractivity contribution in [1.82, 2.24) is 19.8 Å². The van der Waals surface area contributed by atoms with Gasteiger partial charge in [-0.3, -0.25) is 14.2 Å². The van der Waals surface area contributed by atoms with Crippen LogP contribution in [-0.4, -0.2) is 40.1 Å². The highest BCUT2D eigenvalue weighted by atomic mass is 16.5. The molecule has 2 heterocycles. The number of nitrogens with one attached hydrogen (secondary N) is 1.